The van der Waals surface area contributed by atoms with E-state index in [2.05, 4.69) is 20.5 Å². The lowest BCUT2D eigenvalue weighted by Crippen LogP contribution is -2.35. The van der Waals surface area contributed by atoms with E-state index in [-0.39, 0.29) is 11.6 Å². The van der Waals surface area contributed by atoms with Crippen molar-refractivity contribution in [2.24, 2.45) is 20.5 Å². The van der Waals surface area contributed by atoms with Crippen LogP contribution < -0.4 is 0 Å². The highest BCUT2D eigenvalue weighted by Crippen LogP contribution is 2.52. The summed E-state index contributed by atoms with van der Waals surface area (Å²) >= 11 is 0. The van der Waals surface area contributed by atoms with Gasteiger partial charge in [-0.25, -0.2) is 4.79 Å². The molecule has 0 saturated heterocycles. The van der Waals surface area contributed by atoms with E-state index in [0.717, 1.165) is 25.7 Å². The zero-order valence-corrected chi connectivity index (χ0v) is 9.22. The Morgan fingerprint density at radius 1 is 1.38 bits per heavy atom. The summed E-state index contributed by atoms with van der Waals surface area (Å²) < 4.78 is 4.76. The second-order valence-corrected chi connectivity index (χ2v) is 4.86. The summed E-state index contributed by atoms with van der Waals surface area (Å²) in [4.78, 5) is 11.8. The Hall–Kier alpha value is -1.33. The average molecular weight is 222 g/mol. The van der Waals surface area contributed by atoms with Crippen LogP contribution in [-0.4, -0.2) is 30.3 Å². The molecular formula is C10H14N4O2. The Bertz CT molecular complexity index is 384. The minimum absolute atomic E-state index is 0.128. The molecule has 0 aromatic rings. The van der Waals surface area contributed by atoms with Crippen molar-refractivity contribution in [2.75, 3.05) is 7.11 Å². The maximum atomic E-state index is 11.8. The Morgan fingerprint density at radius 2 is 2.12 bits per heavy atom. The number of rotatable bonds is 3. The molecule has 0 bridgehead atoms. The highest BCUT2D eigenvalue weighted by atomic mass is 16.5. The Labute approximate surface area is 93.2 Å². The molecule has 3 rings (SSSR count). The molecule has 1 atom stereocenters. The molecule has 0 amide bonds. The van der Waals surface area contributed by atoms with Gasteiger partial charge in [-0.15, -0.1) is 10.2 Å². The zero-order valence-electron chi connectivity index (χ0n) is 9.22. The molecule has 16 heavy (non-hydrogen) atoms. The standard InChI is InChI=1S/C10H14N4O2/c1-16-8(15)10(13-11-7-2-3-7)6-9(4-5-9)12-14-10/h7H,2-6H2,1H3/t10-/m1/s1. The predicted octanol–water partition coefficient (Wildman–Crippen LogP) is 1.86. The number of carbonyl (C=O) groups excluding carboxylic acids is 1. The fourth-order valence-corrected chi connectivity index (χ4v) is 1.88. The number of hydrogen-bond acceptors (Lipinski definition) is 6. The lowest BCUT2D eigenvalue weighted by molar-refractivity contribution is -0.146. The van der Waals surface area contributed by atoms with E-state index in [4.69, 9.17) is 4.74 Å². The maximum Gasteiger partial charge on any atom is 0.360 e. The van der Waals surface area contributed by atoms with Gasteiger partial charge in [0.1, 0.15) is 0 Å². The minimum atomic E-state index is -1.17. The summed E-state index contributed by atoms with van der Waals surface area (Å²) in [6.45, 7) is 0. The van der Waals surface area contributed by atoms with Gasteiger partial charge in [0.2, 0.25) is 0 Å². The van der Waals surface area contributed by atoms with Gasteiger partial charge in [-0.1, -0.05) is 0 Å². The van der Waals surface area contributed by atoms with Gasteiger partial charge in [0.25, 0.3) is 5.66 Å². The fourth-order valence-electron chi connectivity index (χ4n) is 1.88. The van der Waals surface area contributed by atoms with Crippen LogP contribution in [0.1, 0.15) is 32.1 Å². The second kappa shape index (κ2) is 3.09. The number of azo groups is 2. The van der Waals surface area contributed by atoms with Crippen molar-refractivity contribution in [2.45, 2.75) is 49.3 Å². The molecule has 1 heterocycles. The van der Waals surface area contributed by atoms with E-state index < -0.39 is 11.6 Å². The van der Waals surface area contributed by atoms with E-state index in [1.807, 2.05) is 0 Å². The topological polar surface area (TPSA) is 75.7 Å². The number of hydrogen-bond donors (Lipinski definition) is 0. The predicted molar refractivity (Wildman–Crippen MR) is 54.1 cm³/mol. The third-order valence-electron chi connectivity index (χ3n) is 3.28. The van der Waals surface area contributed by atoms with Crippen molar-refractivity contribution in [3.63, 3.8) is 0 Å². The van der Waals surface area contributed by atoms with Gasteiger partial charge in [-0.2, -0.15) is 10.2 Å². The smallest absolute Gasteiger partial charge is 0.360 e. The van der Waals surface area contributed by atoms with E-state index >= 15 is 0 Å². The number of nitrogens with zero attached hydrogens (tertiary/aromatic N) is 4. The lowest BCUT2D eigenvalue weighted by Gasteiger charge is -2.15. The maximum absolute atomic E-state index is 11.8. The number of ether oxygens (including phenoxy) is 1. The molecule has 0 aromatic carbocycles. The number of methoxy groups -OCH3 is 1. The molecule has 3 aliphatic rings. The minimum Gasteiger partial charge on any atom is -0.466 e. The van der Waals surface area contributed by atoms with Crippen LogP contribution >= 0.6 is 0 Å². The Balaban J connectivity index is 1.83. The van der Waals surface area contributed by atoms with Crippen LogP contribution in [0.2, 0.25) is 0 Å². The van der Waals surface area contributed by atoms with Gasteiger partial charge in [-0.05, 0) is 25.7 Å². The molecule has 0 aromatic heterocycles. The average Bonchev–Trinajstić information content (AvgIpc) is 3.17. The van der Waals surface area contributed by atoms with Crippen LogP contribution in [0.3, 0.4) is 0 Å². The Kier molecular flexibility index (Phi) is 1.90. The van der Waals surface area contributed by atoms with Crippen molar-refractivity contribution < 1.29 is 9.53 Å². The van der Waals surface area contributed by atoms with Crippen LogP contribution in [0.25, 0.3) is 0 Å². The first-order valence-electron chi connectivity index (χ1n) is 5.63. The molecule has 2 fully saturated rings. The summed E-state index contributed by atoms with van der Waals surface area (Å²) in [5, 5.41) is 16.4. The largest absolute Gasteiger partial charge is 0.466 e. The SMILES string of the molecule is COC(=O)[C@@]1(N=NC2CC2)CC2(CC2)N=N1. The third-order valence-corrected chi connectivity index (χ3v) is 3.28. The molecule has 0 unspecified atom stereocenters. The van der Waals surface area contributed by atoms with Gasteiger partial charge in [0.05, 0.1) is 18.7 Å². The monoisotopic (exact) mass is 222 g/mol. The van der Waals surface area contributed by atoms with Crippen molar-refractivity contribution in [3.05, 3.63) is 0 Å². The molecule has 86 valence electrons. The number of esters is 1. The fraction of sp³-hybridized carbons (Fsp3) is 0.900. The van der Waals surface area contributed by atoms with E-state index in [0.29, 0.717) is 6.42 Å². The molecule has 0 radical (unpaired) electrons. The van der Waals surface area contributed by atoms with E-state index in [1.54, 1.807) is 0 Å². The van der Waals surface area contributed by atoms with Crippen molar-refractivity contribution in [1.82, 2.24) is 0 Å². The molecule has 2 saturated carbocycles. The van der Waals surface area contributed by atoms with E-state index in [9.17, 15) is 4.79 Å². The van der Waals surface area contributed by atoms with Gasteiger partial charge in [-0.3, -0.25) is 0 Å². The van der Waals surface area contributed by atoms with Crippen molar-refractivity contribution >= 4 is 5.97 Å². The first-order valence-corrected chi connectivity index (χ1v) is 5.63. The Morgan fingerprint density at radius 3 is 2.62 bits per heavy atom. The molecule has 1 spiro atoms. The highest BCUT2D eigenvalue weighted by Gasteiger charge is 2.59. The van der Waals surface area contributed by atoms with Crippen LogP contribution in [0.4, 0.5) is 0 Å². The van der Waals surface area contributed by atoms with Gasteiger partial charge >= 0.3 is 5.97 Å². The molecule has 0 N–H and O–H groups in total. The number of carbonyl (C=O) groups is 1. The van der Waals surface area contributed by atoms with E-state index in [1.165, 1.54) is 7.11 Å². The zero-order chi connectivity index (χ0) is 11.2. The second-order valence-electron chi connectivity index (χ2n) is 4.86. The van der Waals surface area contributed by atoms with Gasteiger partial charge in [0, 0.05) is 6.42 Å². The van der Waals surface area contributed by atoms with Crippen molar-refractivity contribution in [3.8, 4) is 0 Å². The summed E-state index contributed by atoms with van der Waals surface area (Å²) in [5.41, 5.74) is -1.30. The van der Waals surface area contributed by atoms with Crippen LogP contribution in [0.5, 0.6) is 0 Å². The van der Waals surface area contributed by atoms with Gasteiger partial charge < -0.3 is 4.74 Å². The molecule has 2 aliphatic carbocycles. The molecular weight excluding hydrogens is 208 g/mol. The third kappa shape index (κ3) is 1.52. The highest BCUT2D eigenvalue weighted by molar-refractivity contribution is 5.81. The van der Waals surface area contributed by atoms with Crippen LogP contribution in [0, 0.1) is 0 Å². The molecule has 6 heteroatoms. The quantitative estimate of drug-likeness (QED) is 0.539. The molecule has 6 nitrogen and oxygen atoms in total. The first-order chi connectivity index (χ1) is 7.68. The van der Waals surface area contributed by atoms with Crippen LogP contribution in [-0.2, 0) is 9.53 Å². The lowest BCUT2D eigenvalue weighted by atomic mass is 10.0. The first kappa shape index (κ1) is 9.86. The normalized spacial score (nSPS) is 34.8. The summed E-state index contributed by atoms with van der Waals surface area (Å²) in [7, 11) is 1.35. The van der Waals surface area contributed by atoms with Gasteiger partial charge in [0.15, 0.2) is 0 Å². The summed E-state index contributed by atoms with van der Waals surface area (Å²) in [5.74, 6) is -0.440. The van der Waals surface area contributed by atoms with Crippen LogP contribution in [0.15, 0.2) is 20.5 Å². The molecule has 1 aliphatic heterocycles. The summed E-state index contributed by atoms with van der Waals surface area (Å²) in [6.07, 6.45) is 4.64. The van der Waals surface area contributed by atoms with Crippen molar-refractivity contribution in [1.29, 1.82) is 0 Å². The summed E-state index contributed by atoms with van der Waals surface area (Å²) in [6, 6.07) is 0.285.